The molecule has 0 saturated heterocycles. The third-order valence-electron chi connectivity index (χ3n) is 1.39. The summed E-state index contributed by atoms with van der Waals surface area (Å²) in [6.45, 7) is -0.397. The van der Waals surface area contributed by atoms with Crippen LogP contribution in [0.1, 0.15) is 5.56 Å². The molecule has 65 valence electrons. The third-order valence-corrected chi connectivity index (χ3v) is 2.26. The second-order valence-electron chi connectivity index (χ2n) is 2.26. The van der Waals surface area contributed by atoms with Crippen LogP contribution >= 0.6 is 0 Å². The van der Waals surface area contributed by atoms with Crippen LogP contribution in [0.3, 0.4) is 0 Å². The summed E-state index contributed by atoms with van der Waals surface area (Å²) in [5.41, 5.74) is 0.488. The first-order valence-corrected chi connectivity index (χ1v) is 4.62. The van der Waals surface area contributed by atoms with Crippen molar-refractivity contribution in [3.05, 3.63) is 29.8 Å². The highest BCUT2D eigenvalue weighted by molar-refractivity contribution is 7.85. The molecule has 0 atom stereocenters. The molecule has 0 spiro atoms. The van der Waals surface area contributed by atoms with Gasteiger partial charge in [-0.3, -0.25) is 4.55 Å². The first-order chi connectivity index (χ1) is 5.54. The van der Waals surface area contributed by atoms with Crippen molar-refractivity contribution < 1.29 is 18.1 Å². The molecule has 5 heteroatoms. The molecule has 0 bridgehead atoms. The Morgan fingerprint density at radius 1 is 1.17 bits per heavy atom. The lowest BCUT2D eigenvalue weighted by Crippen LogP contribution is -1.97. The Morgan fingerprint density at radius 2 is 1.67 bits per heavy atom. The molecule has 12 heavy (non-hydrogen) atoms. The molecule has 0 aromatic heterocycles. The van der Waals surface area contributed by atoms with Crippen LogP contribution in [0.4, 0.5) is 0 Å². The number of rotatable bonds is 2. The molecular formula is C7H7O4S. The lowest BCUT2D eigenvalue weighted by molar-refractivity contribution is 0.177. The van der Waals surface area contributed by atoms with Gasteiger partial charge in [-0.1, -0.05) is 12.1 Å². The Kier molecular flexibility index (Phi) is 2.46. The largest absolute Gasteiger partial charge is 0.294 e. The van der Waals surface area contributed by atoms with Crippen molar-refractivity contribution in [2.75, 3.05) is 0 Å². The van der Waals surface area contributed by atoms with Crippen molar-refractivity contribution in [3.63, 3.8) is 0 Å². The van der Waals surface area contributed by atoms with Crippen LogP contribution in [0.5, 0.6) is 0 Å². The predicted octanol–water partition coefficient (Wildman–Crippen LogP) is 0.864. The van der Waals surface area contributed by atoms with E-state index in [9.17, 15) is 13.5 Å². The van der Waals surface area contributed by atoms with Crippen LogP contribution in [-0.4, -0.2) is 13.0 Å². The fraction of sp³-hybridized carbons (Fsp3) is 0.143. The summed E-state index contributed by atoms with van der Waals surface area (Å²) in [5, 5.41) is 10.3. The average molecular weight is 187 g/mol. The zero-order valence-corrected chi connectivity index (χ0v) is 6.91. The van der Waals surface area contributed by atoms with Crippen molar-refractivity contribution in [1.82, 2.24) is 0 Å². The van der Waals surface area contributed by atoms with E-state index in [0.717, 1.165) is 0 Å². The summed E-state index contributed by atoms with van der Waals surface area (Å²) in [5.74, 6) is 0. The zero-order valence-electron chi connectivity index (χ0n) is 6.10. The van der Waals surface area contributed by atoms with Gasteiger partial charge in [0.25, 0.3) is 10.1 Å². The fourth-order valence-corrected chi connectivity index (χ4v) is 1.24. The smallest absolute Gasteiger partial charge is 0.282 e. The maximum absolute atomic E-state index is 10.5. The van der Waals surface area contributed by atoms with Crippen LogP contribution in [0.15, 0.2) is 29.2 Å². The molecule has 4 nitrogen and oxygen atoms in total. The fourth-order valence-electron chi connectivity index (χ4n) is 0.758. The van der Waals surface area contributed by atoms with Crippen molar-refractivity contribution >= 4 is 10.1 Å². The molecule has 0 aliphatic carbocycles. The number of hydrogen-bond donors (Lipinski definition) is 1. The van der Waals surface area contributed by atoms with E-state index in [1.165, 1.54) is 24.3 Å². The molecule has 0 fully saturated rings. The van der Waals surface area contributed by atoms with Crippen molar-refractivity contribution in [2.24, 2.45) is 0 Å². The van der Waals surface area contributed by atoms with Crippen LogP contribution in [0.25, 0.3) is 0 Å². The monoisotopic (exact) mass is 187 g/mol. The summed E-state index contributed by atoms with van der Waals surface area (Å²) in [7, 11) is -4.13. The molecule has 0 heterocycles. The summed E-state index contributed by atoms with van der Waals surface area (Å²) >= 11 is 0. The summed E-state index contributed by atoms with van der Waals surface area (Å²) < 4.78 is 29.6. The Hall–Kier alpha value is -0.910. The third kappa shape index (κ3) is 2.04. The summed E-state index contributed by atoms with van der Waals surface area (Å²) in [6, 6.07) is 5.14. The topological polar surface area (TPSA) is 74.3 Å². The van der Waals surface area contributed by atoms with Gasteiger partial charge in [0.1, 0.15) is 6.61 Å². The van der Waals surface area contributed by atoms with Gasteiger partial charge in [0, 0.05) is 0 Å². The summed E-state index contributed by atoms with van der Waals surface area (Å²) in [6.07, 6.45) is 0. The van der Waals surface area contributed by atoms with E-state index in [4.69, 9.17) is 4.55 Å². The molecule has 1 radical (unpaired) electrons. The summed E-state index contributed by atoms with van der Waals surface area (Å²) in [4.78, 5) is -0.195. The Balaban J connectivity index is 3.09. The maximum Gasteiger partial charge on any atom is 0.294 e. The van der Waals surface area contributed by atoms with E-state index >= 15 is 0 Å². The van der Waals surface area contributed by atoms with Crippen LogP contribution in [-0.2, 0) is 21.8 Å². The maximum atomic E-state index is 10.5. The van der Waals surface area contributed by atoms with Crippen molar-refractivity contribution in [3.8, 4) is 0 Å². The predicted molar refractivity (Wildman–Crippen MR) is 40.6 cm³/mol. The molecular weight excluding hydrogens is 180 g/mol. The second kappa shape index (κ2) is 3.22. The van der Waals surface area contributed by atoms with E-state index in [1.807, 2.05) is 0 Å². The number of hydrogen-bond acceptors (Lipinski definition) is 2. The Labute approximate surface area is 70.2 Å². The van der Waals surface area contributed by atoms with Gasteiger partial charge in [0.2, 0.25) is 0 Å². The minimum atomic E-state index is -4.13. The van der Waals surface area contributed by atoms with Gasteiger partial charge < -0.3 is 0 Å². The van der Waals surface area contributed by atoms with Gasteiger partial charge in [0.15, 0.2) is 0 Å². The van der Waals surface area contributed by atoms with Gasteiger partial charge in [-0.05, 0) is 17.7 Å². The highest BCUT2D eigenvalue weighted by Gasteiger charge is 2.07. The van der Waals surface area contributed by atoms with E-state index in [1.54, 1.807) is 0 Å². The molecule has 1 rings (SSSR count). The van der Waals surface area contributed by atoms with Gasteiger partial charge in [-0.2, -0.15) is 8.42 Å². The van der Waals surface area contributed by atoms with Crippen LogP contribution in [0.2, 0.25) is 0 Å². The highest BCUT2D eigenvalue weighted by atomic mass is 32.2. The van der Waals surface area contributed by atoms with Crippen LogP contribution < -0.4 is 0 Å². The standard InChI is InChI=1S/C7H7O4S/c8-5-6-1-3-7(4-2-6)12(9,10)11/h1-4H,5H2,(H,9,10,11). The quantitative estimate of drug-likeness (QED) is 0.698. The minimum Gasteiger partial charge on any atom is -0.282 e. The molecule has 0 unspecified atom stereocenters. The lowest BCUT2D eigenvalue weighted by Gasteiger charge is -1.96. The van der Waals surface area contributed by atoms with E-state index in [2.05, 4.69) is 0 Å². The zero-order chi connectivity index (χ0) is 9.19. The van der Waals surface area contributed by atoms with Gasteiger partial charge >= 0.3 is 0 Å². The Bertz CT molecular complexity index is 351. The number of benzene rings is 1. The highest BCUT2D eigenvalue weighted by Crippen LogP contribution is 2.09. The lowest BCUT2D eigenvalue weighted by atomic mass is 10.2. The van der Waals surface area contributed by atoms with E-state index < -0.39 is 16.7 Å². The van der Waals surface area contributed by atoms with Crippen molar-refractivity contribution in [1.29, 1.82) is 0 Å². The SMILES string of the molecule is [O]Cc1ccc(S(=O)(=O)O)cc1. The van der Waals surface area contributed by atoms with Crippen molar-refractivity contribution in [2.45, 2.75) is 11.5 Å². The molecule has 1 aromatic rings. The Morgan fingerprint density at radius 3 is 2.00 bits per heavy atom. The molecule has 0 aliphatic rings. The second-order valence-corrected chi connectivity index (χ2v) is 3.68. The van der Waals surface area contributed by atoms with Gasteiger partial charge in [-0.25, -0.2) is 5.11 Å². The van der Waals surface area contributed by atoms with E-state index in [0.29, 0.717) is 5.56 Å². The van der Waals surface area contributed by atoms with Gasteiger partial charge in [-0.15, -0.1) is 0 Å². The van der Waals surface area contributed by atoms with Gasteiger partial charge in [0.05, 0.1) is 4.90 Å². The molecule has 1 aromatic carbocycles. The minimum absolute atomic E-state index is 0.195. The first-order valence-electron chi connectivity index (χ1n) is 3.18. The first kappa shape index (κ1) is 9.18. The molecule has 0 amide bonds. The van der Waals surface area contributed by atoms with Crippen LogP contribution in [0, 0.1) is 0 Å². The normalized spacial score (nSPS) is 11.5. The average Bonchev–Trinajstić information content (AvgIpc) is 2.03. The molecule has 0 aliphatic heterocycles. The molecule has 0 saturated carbocycles. The van der Waals surface area contributed by atoms with E-state index in [-0.39, 0.29) is 4.90 Å². The molecule has 1 N–H and O–H groups in total.